The minimum absolute atomic E-state index is 0.227. The third kappa shape index (κ3) is 4.96. The molecule has 0 unspecified atom stereocenters. The van der Waals surface area contributed by atoms with Gasteiger partial charge in [-0.05, 0) is 29.9 Å². The number of methoxy groups -OCH3 is 1. The Morgan fingerprint density at radius 1 is 1.28 bits per heavy atom. The maximum atomic E-state index is 8.93. The molecule has 0 saturated heterocycles. The number of aryl methyl sites for hydroxylation is 1. The van der Waals surface area contributed by atoms with Gasteiger partial charge in [0.25, 0.3) is 0 Å². The van der Waals surface area contributed by atoms with E-state index in [2.05, 4.69) is 32.2 Å². The molecule has 0 bridgehead atoms. The highest BCUT2D eigenvalue weighted by Gasteiger charge is 2.11. The highest BCUT2D eigenvalue weighted by Crippen LogP contribution is 2.25. The first-order chi connectivity index (χ1) is 8.46. The molecule has 0 spiro atoms. The van der Waals surface area contributed by atoms with Crippen molar-refractivity contribution in [2.24, 2.45) is 5.41 Å². The maximum absolute atomic E-state index is 8.93. The third-order valence-electron chi connectivity index (χ3n) is 2.73. The lowest BCUT2D eigenvalue weighted by Crippen LogP contribution is -2.19. The minimum Gasteiger partial charge on any atom is -0.497 e. The summed E-state index contributed by atoms with van der Waals surface area (Å²) < 4.78 is 5.26. The minimum atomic E-state index is 0.227. The smallest absolute Gasteiger partial charge is 0.120 e. The Labute approximate surface area is 110 Å². The van der Waals surface area contributed by atoms with Crippen molar-refractivity contribution in [3.05, 3.63) is 23.8 Å². The Morgan fingerprint density at radius 3 is 2.56 bits per heavy atom. The molecule has 0 heterocycles. The van der Waals surface area contributed by atoms with Crippen molar-refractivity contribution < 1.29 is 9.84 Å². The van der Waals surface area contributed by atoms with E-state index < -0.39 is 0 Å². The van der Waals surface area contributed by atoms with E-state index >= 15 is 0 Å². The van der Waals surface area contributed by atoms with E-state index in [4.69, 9.17) is 9.84 Å². The third-order valence-corrected chi connectivity index (χ3v) is 2.73. The van der Waals surface area contributed by atoms with Crippen molar-refractivity contribution >= 4 is 5.69 Å². The molecule has 1 aromatic carbocycles. The summed E-state index contributed by atoms with van der Waals surface area (Å²) in [5.41, 5.74) is 2.57. The van der Waals surface area contributed by atoms with Gasteiger partial charge in [-0.2, -0.15) is 0 Å². The molecular weight excluding hydrogens is 226 g/mol. The van der Waals surface area contributed by atoms with Crippen LogP contribution in [0.2, 0.25) is 0 Å². The van der Waals surface area contributed by atoms with Gasteiger partial charge in [0.1, 0.15) is 5.75 Å². The fraction of sp³-hybridized carbons (Fsp3) is 0.600. The van der Waals surface area contributed by atoms with Crippen LogP contribution in [0.3, 0.4) is 0 Å². The van der Waals surface area contributed by atoms with Gasteiger partial charge in [0, 0.05) is 24.9 Å². The summed E-state index contributed by atoms with van der Waals surface area (Å²) >= 11 is 0. The molecule has 102 valence electrons. The number of ether oxygens (including phenoxy) is 1. The Bertz CT molecular complexity index is 369. The molecule has 0 atom stereocenters. The largest absolute Gasteiger partial charge is 0.497 e. The Kier molecular flexibility index (Phi) is 5.48. The summed E-state index contributed by atoms with van der Waals surface area (Å²) in [6.45, 7) is 7.74. The zero-order valence-corrected chi connectivity index (χ0v) is 11.9. The molecule has 0 saturated carbocycles. The molecule has 0 aliphatic carbocycles. The summed E-state index contributed by atoms with van der Waals surface area (Å²) in [6, 6.07) is 6.06. The van der Waals surface area contributed by atoms with Gasteiger partial charge < -0.3 is 15.2 Å². The molecule has 0 amide bonds. The van der Waals surface area contributed by atoms with E-state index in [9.17, 15) is 0 Å². The fourth-order valence-corrected chi connectivity index (χ4v) is 1.70. The lowest BCUT2D eigenvalue weighted by Gasteiger charge is -2.21. The zero-order chi connectivity index (χ0) is 13.6. The van der Waals surface area contributed by atoms with Crippen LogP contribution in [0.25, 0.3) is 0 Å². The maximum Gasteiger partial charge on any atom is 0.120 e. The van der Waals surface area contributed by atoms with Gasteiger partial charge in [-0.25, -0.2) is 0 Å². The van der Waals surface area contributed by atoms with Gasteiger partial charge in [0.05, 0.1) is 7.11 Å². The van der Waals surface area contributed by atoms with Crippen molar-refractivity contribution in [2.75, 3.05) is 25.6 Å². The summed E-state index contributed by atoms with van der Waals surface area (Å²) in [5.74, 6) is 0.860. The van der Waals surface area contributed by atoms with Crippen molar-refractivity contribution in [3.8, 4) is 5.75 Å². The second-order valence-electron chi connectivity index (χ2n) is 5.76. The predicted octanol–water partition coefficient (Wildman–Crippen LogP) is 3.08. The standard InChI is InChI=1S/C15H25NO2/c1-15(2,3)11-16-14-10-13(18-4)8-7-12(14)6-5-9-17/h7-8,10,16-17H,5-6,9,11H2,1-4H3. The molecule has 0 aliphatic rings. The van der Waals surface area contributed by atoms with Crippen LogP contribution >= 0.6 is 0 Å². The monoisotopic (exact) mass is 251 g/mol. The van der Waals surface area contributed by atoms with Crippen molar-refractivity contribution in [1.82, 2.24) is 0 Å². The number of benzene rings is 1. The van der Waals surface area contributed by atoms with E-state index in [1.807, 2.05) is 12.1 Å². The molecule has 0 aromatic heterocycles. The zero-order valence-electron chi connectivity index (χ0n) is 11.9. The summed E-state index contributed by atoms with van der Waals surface area (Å²) in [6.07, 6.45) is 1.67. The summed E-state index contributed by atoms with van der Waals surface area (Å²) in [7, 11) is 1.68. The quantitative estimate of drug-likeness (QED) is 0.816. The topological polar surface area (TPSA) is 41.5 Å². The fourth-order valence-electron chi connectivity index (χ4n) is 1.70. The van der Waals surface area contributed by atoms with Crippen LogP contribution in [-0.4, -0.2) is 25.4 Å². The molecule has 3 heteroatoms. The number of rotatable bonds is 6. The lowest BCUT2D eigenvalue weighted by molar-refractivity contribution is 0.288. The van der Waals surface area contributed by atoms with E-state index in [0.717, 1.165) is 30.8 Å². The molecule has 3 nitrogen and oxygen atoms in total. The first kappa shape index (κ1) is 14.8. The number of hydrogen-bond donors (Lipinski definition) is 2. The first-order valence-electron chi connectivity index (χ1n) is 6.48. The van der Waals surface area contributed by atoms with Crippen molar-refractivity contribution in [1.29, 1.82) is 0 Å². The lowest BCUT2D eigenvalue weighted by atomic mass is 9.96. The van der Waals surface area contributed by atoms with Crippen LogP contribution in [0.4, 0.5) is 5.69 Å². The van der Waals surface area contributed by atoms with E-state index in [1.54, 1.807) is 7.11 Å². The molecule has 0 aliphatic heterocycles. The van der Waals surface area contributed by atoms with Gasteiger partial charge in [0.2, 0.25) is 0 Å². The van der Waals surface area contributed by atoms with Crippen LogP contribution in [-0.2, 0) is 6.42 Å². The van der Waals surface area contributed by atoms with Crippen LogP contribution < -0.4 is 10.1 Å². The Balaban J connectivity index is 2.82. The average molecular weight is 251 g/mol. The number of anilines is 1. The summed E-state index contributed by atoms with van der Waals surface area (Å²) in [5, 5.41) is 12.4. The van der Waals surface area contributed by atoms with Gasteiger partial charge >= 0.3 is 0 Å². The average Bonchev–Trinajstić information content (AvgIpc) is 2.33. The van der Waals surface area contributed by atoms with Gasteiger partial charge in [-0.15, -0.1) is 0 Å². The second-order valence-corrected chi connectivity index (χ2v) is 5.76. The van der Waals surface area contributed by atoms with Crippen LogP contribution in [0, 0.1) is 5.41 Å². The normalized spacial score (nSPS) is 11.4. The highest BCUT2D eigenvalue weighted by atomic mass is 16.5. The van der Waals surface area contributed by atoms with E-state index in [-0.39, 0.29) is 12.0 Å². The predicted molar refractivity (Wildman–Crippen MR) is 76.3 cm³/mol. The Hall–Kier alpha value is -1.22. The summed E-state index contributed by atoms with van der Waals surface area (Å²) in [4.78, 5) is 0. The number of aliphatic hydroxyl groups is 1. The molecule has 1 aromatic rings. The number of hydrogen-bond acceptors (Lipinski definition) is 3. The van der Waals surface area contributed by atoms with Gasteiger partial charge in [-0.1, -0.05) is 26.8 Å². The van der Waals surface area contributed by atoms with E-state index in [1.165, 1.54) is 5.56 Å². The molecule has 0 fully saturated rings. The molecular formula is C15H25NO2. The molecule has 2 N–H and O–H groups in total. The van der Waals surface area contributed by atoms with Crippen LogP contribution in [0.1, 0.15) is 32.8 Å². The molecule has 0 radical (unpaired) electrons. The Morgan fingerprint density at radius 2 is 2.00 bits per heavy atom. The van der Waals surface area contributed by atoms with E-state index in [0.29, 0.717) is 0 Å². The van der Waals surface area contributed by atoms with Crippen LogP contribution in [0.5, 0.6) is 5.75 Å². The highest BCUT2D eigenvalue weighted by molar-refractivity contribution is 5.55. The first-order valence-corrected chi connectivity index (χ1v) is 6.48. The molecule has 1 rings (SSSR count). The number of aliphatic hydroxyl groups excluding tert-OH is 1. The van der Waals surface area contributed by atoms with Gasteiger partial charge in [-0.3, -0.25) is 0 Å². The van der Waals surface area contributed by atoms with Gasteiger partial charge in [0.15, 0.2) is 0 Å². The van der Waals surface area contributed by atoms with Crippen molar-refractivity contribution in [3.63, 3.8) is 0 Å². The van der Waals surface area contributed by atoms with Crippen LogP contribution in [0.15, 0.2) is 18.2 Å². The second kappa shape index (κ2) is 6.64. The molecule has 18 heavy (non-hydrogen) atoms. The van der Waals surface area contributed by atoms with Crippen molar-refractivity contribution in [2.45, 2.75) is 33.6 Å². The SMILES string of the molecule is COc1ccc(CCCO)c(NCC(C)(C)C)c1. The number of nitrogens with one attached hydrogen (secondary N) is 1.